The van der Waals surface area contributed by atoms with Crippen LogP contribution in [0.25, 0.3) is 55.8 Å². The van der Waals surface area contributed by atoms with Gasteiger partial charge in [-0.2, -0.15) is 0 Å². The number of fused-ring (bicyclic) bond motifs is 4. The van der Waals surface area contributed by atoms with Crippen molar-refractivity contribution < 1.29 is 0 Å². The zero-order valence-electron chi connectivity index (χ0n) is 24.8. The van der Waals surface area contributed by atoms with Crippen molar-refractivity contribution in [1.82, 2.24) is 9.97 Å². The summed E-state index contributed by atoms with van der Waals surface area (Å²) in [6.07, 6.45) is 6.99. The molecule has 212 valence electrons. The Bertz CT molecular complexity index is 1990. The Morgan fingerprint density at radius 3 is 1.80 bits per heavy atom. The number of hydrogen-bond donors (Lipinski definition) is 0. The summed E-state index contributed by atoms with van der Waals surface area (Å²) < 4.78 is 0. The van der Waals surface area contributed by atoms with Gasteiger partial charge in [0, 0.05) is 22.1 Å². The van der Waals surface area contributed by atoms with Crippen LogP contribution >= 0.6 is 0 Å². The molecular formula is C42H34N2. The van der Waals surface area contributed by atoms with Crippen LogP contribution in [0.1, 0.15) is 43.2 Å². The van der Waals surface area contributed by atoms with Gasteiger partial charge in [0.15, 0.2) is 5.82 Å². The van der Waals surface area contributed by atoms with Gasteiger partial charge in [-0.05, 0) is 107 Å². The zero-order chi connectivity index (χ0) is 28.8. The van der Waals surface area contributed by atoms with E-state index in [1.54, 1.807) is 11.1 Å². The number of aromatic nitrogens is 2. The van der Waals surface area contributed by atoms with Crippen LogP contribution in [0.15, 0.2) is 121 Å². The first-order valence-electron chi connectivity index (χ1n) is 16.4. The van der Waals surface area contributed by atoms with Gasteiger partial charge in [-0.3, -0.25) is 0 Å². The molecular weight excluding hydrogens is 532 g/mol. The van der Waals surface area contributed by atoms with E-state index >= 15 is 0 Å². The molecule has 0 aliphatic heterocycles. The second-order valence-electron chi connectivity index (χ2n) is 13.8. The minimum Gasteiger partial charge on any atom is -0.228 e. The topological polar surface area (TPSA) is 25.8 Å². The van der Waals surface area contributed by atoms with Gasteiger partial charge in [-0.25, -0.2) is 9.97 Å². The first-order valence-corrected chi connectivity index (χ1v) is 16.4. The normalized spacial score (nSPS) is 25.8. The maximum absolute atomic E-state index is 5.33. The Labute approximate surface area is 258 Å². The van der Waals surface area contributed by atoms with Gasteiger partial charge in [-0.15, -0.1) is 0 Å². The van der Waals surface area contributed by atoms with Gasteiger partial charge in [0.2, 0.25) is 0 Å². The van der Waals surface area contributed by atoms with Crippen LogP contribution in [0.4, 0.5) is 0 Å². The fourth-order valence-electron chi connectivity index (χ4n) is 10.2. The smallest absolute Gasteiger partial charge is 0.160 e. The Kier molecular flexibility index (Phi) is 5.21. The summed E-state index contributed by atoms with van der Waals surface area (Å²) in [5, 5.41) is 2.69. The van der Waals surface area contributed by atoms with E-state index in [9.17, 15) is 0 Å². The number of hydrogen-bond acceptors (Lipinski definition) is 2. The van der Waals surface area contributed by atoms with Crippen LogP contribution in [0.5, 0.6) is 0 Å². The average molecular weight is 567 g/mol. The quantitative estimate of drug-likeness (QED) is 0.213. The lowest BCUT2D eigenvalue weighted by molar-refractivity contribution is -0.0398. The summed E-state index contributed by atoms with van der Waals surface area (Å²) in [5.74, 6) is 4.06. The Balaban J connectivity index is 1.26. The van der Waals surface area contributed by atoms with Crippen LogP contribution in [-0.2, 0) is 5.41 Å². The van der Waals surface area contributed by atoms with Crippen molar-refractivity contribution in [2.24, 2.45) is 23.7 Å². The summed E-state index contributed by atoms with van der Waals surface area (Å²) in [6, 6.07) is 44.4. The predicted octanol–water partition coefficient (Wildman–Crippen LogP) is 10.4. The predicted molar refractivity (Wildman–Crippen MR) is 179 cm³/mol. The molecule has 5 aromatic carbocycles. The van der Waals surface area contributed by atoms with Gasteiger partial charge in [0.05, 0.1) is 11.4 Å². The van der Waals surface area contributed by atoms with Crippen LogP contribution in [0, 0.1) is 23.7 Å². The van der Waals surface area contributed by atoms with E-state index in [1.807, 2.05) is 0 Å². The van der Waals surface area contributed by atoms with Gasteiger partial charge in [0.25, 0.3) is 0 Å². The second-order valence-corrected chi connectivity index (χ2v) is 13.8. The fraction of sp³-hybridized carbons (Fsp3) is 0.238. The van der Waals surface area contributed by atoms with E-state index in [-0.39, 0.29) is 5.41 Å². The fourth-order valence-corrected chi connectivity index (χ4v) is 10.2. The average Bonchev–Trinajstić information content (AvgIpc) is 3.36. The van der Waals surface area contributed by atoms with Crippen LogP contribution in [0.2, 0.25) is 0 Å². The summed E-state index contributed by atoms with van der Waals surface area (Å²) in [6.45, 7) is 0. The first kappa shape index (κ1) is 24.8. The minimum atomic E-state index is 0.107. The lowest BCUT2D eigenvalue weighted by Gasteiger charge is -2.61. The SMILES string of the molecule is c1ccc(-c2cc(-c3cccc4c3-c3cc5ccccc5cc3C43C4CC5CC(C4)CC3C5)nc(-c3ccccc3)n2)cc1. The highest BCUT2D eigenvalue weighted by Gasteiger charge is 2.61. The molecule has 5 aliphatic carbocycles. The van der Waals surface area contributed by atoms with Crippen LogP contribution in [-0.4, -0.2) is 9.97 Å². The van der Waals surface area contributed by atoms with E-state index in [0.29, 0.717) is 0 Å². The molecule has 1 spiro atoms. The van der Waals surface area contributed by atoms with E-state index in [2.05, 4.69) is 121 Å². The molecule has 0 radical (unpaired) electrons. The van der Waals surface area contributed by atoms with Gasteiger partial charge in [0.1, 0.15) is 0 Å². The third-order valence-corrected chi connectivity index (χ3v) is 11.6. The highest BCUT2D eigenvalue weighted by Crippen LogP contribution is 2.70. The maximum atomic E-state index is 5.33. The molecule has 0 saturated heterocycles. The van der Waals surface area contributed by atoms with Gasteiger partial charge in [-0.1, -0.05) is 103 Å². The van der Waals surface area contributed by atoms with Crippen molar-refractivity contribution in [1.29, 1.82) is 0 Å². The van der Waals surface area contributed by atoms with Gasteiger partial charge >= 0.3 is 0 Å². The molecule has 2 heteroatoms. The minimum absolute atomic E-state index is 0.107. The van der Waals surface area contributed by atoms with Crippen molar-refractivity contribution in [2.75, 3.05) is 0 Å². The molecule has 1 aromatic heterocycles. The lowest BCUT2D eigenvalue weighted by Crippen LogP contribution is -2.55. The highest BCUT2D eigenvalue weighted by atomic mass is 14.9. The molecule has 4 bridgehead atoms. The van der Waals surface area contributed by atoms with E-state index in [0.717, 1.165) is 52.0 Å². The second kappa shape index (κ2) is 9.22. The van der Waals surface area contributed by atoms with E-state index in [1.165, 1.54) is 59.6 Å². The molecule has 0 unspecified atom stereocenters. The van der Waals surface area contributed by atoms with Crippen LogP contribution in [0.3, 0.4) is 0 Å². The zero-order valence-corrected chi connectivity index (χ0v) is 24.8. The third kappa shape index (κ3) is 3.43. The summed E-state index contributed by atoms with van der Waals surface area (Å²) in [7, 11) is 0. The molecule has 5 aliphatic rings. The molecule has 6 aromatic rings. The Hall–Kier alpha value is -4.56. The van der Waals surface area contributed by atoms with Crippen molar-refractivity contribution in [3.8, 4) is 45.0 Å². The first-order chi connectivity index (χ1) is 21.8. The summed E-state index contributed by atoms with van der Waals surface area (Å²) in [5.41, 5.74) is 11.5. The van der Waals surface area contributed by atoms with E-state index in [4.69, 9.17) is 9.97 Å². The number of benzene rings is 5. The van der Waals surface area contributed by atoms with Crippen molar-refractivity contribution in [3.05, 3.63) is 132 Å². The van der Waals surface area contributed by atoms with Crippen molar-refractivity contribution in [3.63, 3.8) is 0 Å². The van der Waals surface area contributed by atoms with E-state index < -0.39 is 0 Å². The van der Waals surface area contributed by atoms with Crippen LogP contribution < -0.4 is 0 Å². The molecule has 0 atom stereocenters. The third-order valence-electron chi connectivity index (χ3n) is 11.6. The number of nitrogens with zero attached hydrogens (tertiary/aromatic N) is 2. The highest BCUT2D eigenvalue weighted by molar-refractivity contribution is 5.99. The lowest BCUT2D eigenvalue weighted by atomic mass is 9.43. The monoisotopic (exact) mass is 566 g/mol. The molecule has 4 saturated carbocycles. The molecule has 11 rings (SSSR count). The van der Waals surface area contributed by atoms with Crippen molar-refractivity contribution in [2.45, 2.75) is 37.5 Å². The maximum Gasteiger partial charge on any atom is 0.160 e. The molecule has 0 amide bonds. The summed E-state index contributed by atoms with van der Waals surface area (Å²) in [4.78, 5) is 10.4. The molecule has 0 N–H and O–H groups in total. The molecule has 44 heavy (non-hydrogen) atoms. The molecule has 2 nitrogen and oxygen atoms in total. The number of rotatable bonds is 3. The largest absolute Gasteiger partial charge is 0.228 e. The molecule has 1 heterocycles. The van der Waals surface area contributed by atoms with Crippen molar-refractivity contribution >= 4 is 10.8 Å². The Morgan fingerprint density at radius 1 is 0.477 bits per heavy atom. The molecule has 4 fully saturated rings. The van der Waals surface area contributed by atoms with Gasteiger partial charge < -0.3 is 0 Å². The summed E-state index contributed by atoms with van der Waals surface area (Å²) >= 11 is 0. The standard InChI is InChI=1S/C42H34N2/c1-3-10-28(11-4-1)38-25-39(44-41(43-38)29-12-5-2-6-13-29)34-16-9-17-36-40(34)35-23-30-14-7-8-15-31(30)24-37(35)42(36)32-19-26-18-27(21-32)22-33(42)20-26/h1-17,23-27,32-33H,18-22H2. The Morgan fingerprint density at radius 2 is 1.09 bits per heavy atom.